The summed E-state index contributed by atoms with van der Waals surface area (Å²) < 4.78 is 31.3. The molecule has 1 aromatic heterocycles. The topological polar surface area (TPSA) is 59.2 Å². The molecule has 0 unspecified atom stereocenters. The number of aldehydes is 1. The monoisotopic (exact) mass is 253 g/mol. The summed E-state index contributed by atoms with van der Waals surface area (Å²) in [5.74, 6) is -2.48. The average molecular weight is 253 g/mol. The third-order valence-electron chi connectivity index (χ3n) is 2.45. The fourth-order valence-electron chi connectivity index (χ4n) is 1.76. The molecule has 94 valence electrons. The second-order valence-electron chi connectivity index (χ2n) is 3.56. The lowest BCUT2D eigenvalue weighted by molar-refractivity contribution is 0.0518. The number of hydrogen-bond donors (Lipinski definition) is 1. The highest BCUT2D eigenvalue weighted by molar-refractivity contribution is 6.08. The van der Waals surface area contributed by atoms with E-state index < -0.39 is 17.6 Å². The normalized spacial score (nSPS) is 10.6. The van der Waals surface area contributed by atoms with E-state index in [4.69, 9.17) is 4.74 Å². The third-order valence-corrected chi connectivity index (χ3v) is 2.45. The fraction of sp³-hybridized carbons (Fsp3) is 0.167. The lowest BCUT2D eigenvalue weighted by Crippen LogP contribution is -2.07. The van der Waals surface area contributed by atoms with E-state index in [1.165, 1.54) is 0 Å². The number of hydrogen-bond acceptors (Lipinski definition) is 3. The Morgan fingerprint density at radius 3 is 2.78 bits per heavy atom. The van der Waals surface area contributed by atoms with Gasteiger partial charge in [-0.25, -0.2) is 13.6 Å². The van der Waals surface area contributed by atoms with Crippen LogP contribution in [0.1, 0.15) is 27.8 Å². The van der Waals surface area contributed by atoms with Gasteiger partial charge in [-0.3, -0.25) is 4.79 Å². The van der Waals surface area contributed by atoms with Crippen molar-refractivity contribution >= 4 is 23.2 Å². The predicted molar refractivity (Wildman–Crippen MR) is 59.6 cm³/mol. The van der Waals surface area contributed by atoms with Crippen LogP contribution < -0.4 is 0 Å². The second kappa shape index (κ2) is 4.56. The van der Waals surface area contributed by atoms with Gasteiger partial charge in [0.05, 0.1) is 17.7 Å². The van der Waals surface area contributed by atoms with E-state index in [0.717, 1.165) is 6.07 Å². The highest BCUT2D eigenvalue weighted by Crippen LogP contribution is 2.25. The van der Waals surface area contributed by atoms with Gasteiger partial charge in [-0.2, -0.15) is 0 Å². The van der Waals surface area contributed by atoms with Crippen LogP contribution in [-0.2, 0) is 4.74 Å². The molecule has 18 heavy (non-hydrogen) atoms. The van der Waals surface area contributed by atoms with Crippen molar-refractivity contribution in [3.05, 3.63) is 35.0 Å². The number of H-pyrrole nitrogens is 1. The molecule has 0 radical (unpaired) electrons. The van der Waals surface area contributed by atoms with Crippen molar-refractivity contribution in [3.8, 4) is 0 Å². The quantitative estimate of drug-likeness (QED) is 0.675. The maximum atomic E-state index is 13.6. The first-order valence-electron chi connectivity index (χ1n) is 5.21. The van der Waals surface area contributed by atoms with Crippen molar-refractivity contribution in [1.82, 2.24) is 4.98 Å². The minimum Gasteiger partial charge on any atom is -0.461 e. The molecule has 4 nitrogen and oxygen atoms in total. The summed E-state index contributed by atoms with van der Waals surface area (Å²) in [5, 5.41) is -0.116. The molecule has 0 saturated heterocycles. The molecule has 0 atom stereocenters. The van der Waals surface area contributed by atoms with Crippen LogP contribution in [0.2, 0.25) is 0 Å². The highest BCUT2D eigenvalue weighted by atomic mass is 19.1. The number of aromatic nitrogens is 1. The van der Waals surface area contributed by atoms with Crippen LogP contribution >= 0.6 is 0 Å². The third kappa shape index (κ3) is 1.85. The number of carbonyl (C=O) groups excluding carboxylic acids is 2. The first kappa shape index (κ1) is 12.2. The zero-order valence-electron chi connectivity index (χ0n) is 9.42. The molecule has 0 spiro atoms. The van der Waals surface area contributed by atoms with E-state index in [1.54, 1.807) is 6.92 Å². The van der Waals surface area contributed by atoms with Gasteiger partial charge in [0, 0.05) is 11.5 Å². The van der Waals surface area contributed by atoms with Gasteiger partial charge in [-0.05, 0) is 13.0 Å². The Morgan fingerprint density at radius 1 is 1.44 bits per heavy atom. The minimum absolute atomic E-state index is 0.0395. The summed E-state index contributed by atoms with van der Waals surface area (Å²) in [6, 6.07) is 1.66. The summed E-state index contributed by atoms with van der Waals surface area (Å²) in [4.78, 5) is 25.0. The number of nitrogens with one attached hydrogen (secondary N) is 1. The molecule has 2 rings (SSSR count). The van der Waals surface area contributed by atoms with Crippen molar-refractivity contribution in [2.24, 2.45) is 0 Å². The maximum Gasteiger partial charge on any atom is 0.355 e. The Hall–Kier alpha value is -2.24. The molecule has 1 heterocycles. The van der Waals surface area contributed by atoms with Gasteiger partial charge in [0.15, 0.2) is 6.29 Å². The Labute approximate surface area is 101 Å². The van der Waals surface area contributed by atoms with Crippen LogP contribution in [0.3, 0.4) is 0 Å². The first-order valence-corrected chi connectivity index (χ1v) is 5.21. The standard InChI is InChI=1S/C12H9F2NO3/c1-2-18-12(17)11-7(5-16)10-8(14)3-6(13)4-9(10)15-11/h3-5,15H,2H2,1H3. The molecule has 0 amide bonds. The van der Waals surface area contributed by atoms with Gasteiger partial charge >= 0.3 is 5.97 Å². The van der Waals surface area contributed by atoms with Crippen LogP contribution in [0.15, 0.2) is 12.1 Å². The lowest BCUT2D eigenvalue weighted by atomic mass is 10.1. The van der Waals surface area contributed by atoms with Gasteiger partial charge in [-0.1, -0.05) is 0 Å². The van der Waals surface area contributed by atoms with Crippen molar-refractivity contribution in [2.75, 3.05) is 6.61 Å². The number of rotatable bonds is 3. The Bertz CT molecular complexity index is 634. The summed E-state index contributed by atoms with van der Waals surface area (Å²) in [6.07, 6.45) is 0.339. The summed E-state index contributed by atoms with van der Waals surface area (Å²) in [5.41, 5.74) is -0.301. The number of esters is 1. The molecule has 1 N–H and O–H groups in total. The molecule has 0 aliphatic heterocycles. The number of halogens is 2. The smallest absolute Gasteiger partial charge is 0.355 e. The van der Waals surface area contributed by atoms with E-state index in [9.17, 15) is 18.4 Å². The Kier molecular flexibility index (Phi) is 3.10. The number of aromatic amines is 1. The number of ether oxygens (including phenoxy) is 1. The van der Waals surface area contributed by atoms with Gasteiger partial charge < -0.3 is 9.72 Å². The van der Waals surface area contributed by atoms with Crippen molar-refractivity contribution < 1.29 is 23.1 Å². The van der Waals surface area contributed by atoms with E-state index in [1.807, 2.05) is 0 Å². The van der Waals surface area contributed by atoms with Crippen LogP contribution in [0.4, 0.5) is 8.78 Å². The molecular weight excluding hydrogens is 244 g/mol. The molecule has 0 fully saturated rings. The first-order chi connectivity index (χ1) is 8.58. The summed E-state index contributed by atoms with van der Waals surface area (Å²) >= 11 is 0. The predicted octanol–water partition coefficient (Wildman–Crippen LogP) is 2.44. The molecule has 2 aromatic rings. The SMILES string of the molecule is CCOC(=O)c1[nH]c2cc(F)cc(F)c2c1C=O. The van der Waals surface area contributed by atoms with E-state index in [0.29, 0.717) is 12.4 Å². The van der Waals surface area contributed by atoms with E-state index in [2.05, 4.69) is 4.98 Å². The zero-order chi connectivity index (χ0) is 13.3. The van der Waals surface area contributed by atoms with Gasteiger partial charge in [-0.15, -0.1) is 0 Å². The van der Waals surface area contributed by atoms with Gasteiger partial charge in [0.25, 0.3) is 0 Å². The van der Waals surface area contributed by atoms with Crippen LogP contribution in [0.5, 0.6) is 0 Å². The second-order valence-corrected chi connectivity index (χ2v) is 3.56. The molecular formula is C12H9F2NO3. The fourth-order valence-corrected chi connectivity index (χ4v) is 1.76. The highest BCUT2D eigenvalue weighted by Gasteiger charge is 2.21. The summed E-state index contributed by atoms with van der Waals surface area (Å²) in [6.45, 7) is 1.71. The van der Waals surface area contributed by atoms with E-state index >= 15 is 0 Å². The van der Waals surface area contributed by atoms with Crippen LogP contribution in [-0.4, -0.2) is 23.8 Å². The van der Waals surface area contributed by atoms with E-state index in [-0.39, 0.29) is 28.8 Å². The van der Waals surface area contributed by atoms with Crippen molar-refractivity contribution in [1.29, 1.82) is 0 Å². The van der Waals surface area contributed by atoms with Crippen LogP contribution in [0.25, 0.3) is 10.9 Å². The molecule has 1 aromatic carbocycles. The zero-order valence-corrected chi connectivity index (χ0v) is 9.42. The maximum absolute atomic E-state index is 13.6. The lowest BCUT2D eigenvalue weighted by Gasteiger charge is -1.99. The van der Waals surface area contributed by atoms with Crippen LogP contribution in [0, 0.1) is 11.6 Å². The molecule has 0 aliphatic carbocycles. The number of carbonyl (C=O) groups is 2. The van der Waals surface area contributed by atoms with Gasteiger partial charge in [0.2, 0.25) is 0 Å². The average Bonchev–Trinajstić information content (AvgIpc) is 2.67. The van der Waals surface area contributed by atoms with Gasteiger partial charge in [0.1, 0.15) is 17.3 Å². The van der Waals surface area contributed by atoms with Crippen molar-refractivity contribution in [2.45, 2.75) is 6.92 Å². The molecule has 0 aliphatic rings. The number of benzene rings is 1. The summed E-state index contributed by atoms with van der Waals surface area (Å²) in [7, 11) is 0. The Morgan fingerprint density at radius 2 is 2.17 bits per heavy atom. The Balaban J connectivity index is 2.72. The molecule has 0 bridgehead atoms. The number of fused-ring (bicyclic) bond motifs is 1. The minimum atomic E-state index is -0.904. The van der Waals surface area contributed by atoms with Crippen molar-refractivity contribution in [3.63, 3.8) is 0 Å². The molecule has 6 heteroatoms. The molecule has 0 saturated carbocycles. The largest absolute Gasteiger partial charge is 0.461 e.